The predicted molar refractivity (Wildman–Crippen MR) is 73.1 cm³/mol. The SMILES string of the molecule is Cc1nc(C)c(C(=O)N2CCC(OCCC(=O)O)CC2)o1. The summed E-state index contributed by atoms with van der Waals surface area (Å²) in [5.41, 5.74) is 0.609. The summed E-state index contributed by atoms with van der Waals surface area (Å²) >= 11 is 0. The second-order valence-electron chi connectivity index (χ2n) is 5.15. The highest BCUT2D eigenvalue weighted by Gasteiger charge is 2.27. The third kappa shape index (κ3) is 4.04. The van der Waals surface area contributed by atoms with Crippen molar-refractivity contribution in [1.82, 2.24) is 9.88 Å². The number of hydrogen-bond donors (Lipinski definition) is 1. The molecular formula is C14H20N2O5. The average Bonchev–Trinajstić information content (AvgIpc) is 2.77. The highest BCUT2D eigenvalue weighted by Crippen LogP contribution is 2.18. The number of aromatic nitrogens is 1. The highest BCUT2D eigenvalue weighted by molar-refractivity contribution is 5.92. The summed E-state index contributed by atoms with van der Waals surface area (Å²) in [6, 6.07) is 0. The van der Waals surface area contributed by atoms with Crippen molar-refractivity contribution >= 4 is 11.9 Å². The molecule has 1 saturated heterocycles. The summed E-state index contributed by atoms with van der Waals surface area (Å²) in [6.07, 6.45) is 1.44. The summed E-state index contributed by atoms with van der Waals surface area (Å²) < 4.78 is 10.8. The van der Waals surface area contributed by atoms with Crippen LogP contribution in [-0.4, -0.2) is 52.7 Å². The van der Waals surface area contributed by atoms with Crippen LogP contribution in [0.25, 0.3) is 0 Å². The minimum Gasteiger partial charge on any atom is -0.481 e. The number of carbonyl (C=O) groups excluding carboxylic acids is 1. The lowest BCUT2D eigenvalue weighted by molar-refractivity contribution is -0.138. The van der Waals surface area contributed by atoms with Crippen LogP contribution in [0.1, 0.15) is 41.4 Å². The molecule has 116 valence electrons. The molecule has 7 nitrogen and oxygen atoms in total. The van der Waals surface area contributed by atoms with Crippen molar-refractivity contribution in [3.8, 4) is 0 Å². The first-order valence-corrected chi connectivity index (χ1v) is 7.04. The summed E-state index contributed by atoms with van der Waals surface area (Å²) in [7, 11) is 0. The van der Waals surface area contributed by atoms with Crippen molar-refractivity contribution in [3.05, 3.63) is 17.3 Å². The molecule has 1 aliphatic heterocycles. The Labute approximate surface area is 122 Å². The maximum absolute atomic E-state index is 12.3. The van der Waals surface area contributed by atoms with Gasteiger partial charge in [-0.25, -0.2) is 4.98 Å². The average molecular weight is 296 g/mol. The second kappa shape index (κ2) is 6.71. The Kier molecular flexibility index (Phi) is 4.95. The van der Waals surface area contributed by atoms with Gasteiger partial charge in [-0.2, -0.15) is 0 Å². The Balaban J connectivity index is 1.82. The fourth-order valence-electron chi connectivity index (χ4n) is 2.41. The van der Waals surface area contributed by atoms with Crippen LogP contribution in [-0.2, 0) is 9.53 Å². The monoisotopic (exact) mass is 296 g/mol. The van der Waals surface area contributed by atoms with Crippen LogP contribution in [0.4, 0.5) is 0 Å². The van der Waals surface area contributed by atoms with E-state index in [1.807, 2.05) is 0 Å². The third-order valence-electron chi connectivity index (χ3n) is 3.50. The van der Waals surface area contributed by atoms with E-state index in [-0.39, 0.29) is 25.0 Å². The van der Waals surface area contributed by atoms with E-state index in [1.165, 1.54) is 0 Å². The molecule has 0 bridgehead atoms. The van der Waals surface area contributed by atoms with Gasteiger partial charge in [0.1, 0.15) is 0 Å². The predicted octanol–water partition coefficient (Wildman–Crippen LogP) is 1.39. The molecule has 0 aliphatic carbocycles. The minimum atomic E-state index is -0.862. The van der Waals surface area contributed by atoms with Gasteiger partial charge in [0.05, 0.1) is 24.8 Å². The van der Waals surface area contributed by atoms with Crippen LogP contribution < -0.4 is 0 Å². The van der Waals surface area contributed by atoms with Gasteiger partial charge in [0.25, 0.3) is 5.91 Å². The van der Waals surface area contributed by atoms with E-state index >= 15 is 0 Å². The van der Waals surface area contributed by atoms with E-state index in [0.717, 1.165) is 0 Å². The number of nitrogens with zero attached hydrogens (tertiary/aromatic N) is 2. The Morgan fingerprint density at radius 1 is 1.38 bits per heavy atom. The summed E-state index contributed by atoms with van der Waals surface area (Å²) in [6.45, 7) is 4.84. The zero-order chi connectivity index (χ0) is 15.4. The lowest BCUT2D eigenvalue weighted by Crippen LogP contribution is -2.41. The lowest BCUT2D eigenvalue weighted by Gasteiger charge is -2.31. The zero-order valence-electron chi connectivity index (χ0n) is 12.3. The molecule has 1 aliphatic rings. The minimum absolute atomic E-state index is 0.00960. The molecule has 0 saturated carbocycles. The molecule has 1 amide bonds. The molecule has 0 radical (unpaired) electrons. The van der Waals surface area contributed by atoms with Gasteiger partial charge in [-0.15, -0.1) is 0 Å². The van der Waals surface area contributed by atoms with Gasteiger partial charge in [0.2, 0.25) is 5.76 Å². The maximum Gasteiger partial charge on any atom is 0.305 e. The first-order chi connectivity index (χ1) is 9.97. The third-order valence-corrected chi connectivity index (χ3v) is 3.50. The normalized spacial score (nSPS) is 16.2. The van der Waals surface area contributed by atoms with E-state index < -0.39 is 5.97 Å². The smallest absolute Gasteiger partial charge is 0.305 e. The number of rotatable bonds is 5. The molecule has 0 atom stereocenters. The van der Waals surface area contributed by atoms with Gasteiger partial charge in [0, 0.05) is 20.0 Å². The standard InChI is InChI=1S/C14H20N2O5/c1-9-13(21-10(2)15-9)14(19)16-6-3-11(4-7-16)20-8-5-12(17)18/h11H,3-8H2,1-2H3,(H,17,18). The number of aliphatic carboxylic acids is 1. The molecular weight excluding hydrogens is 276 g/mol. The van der Waals surface area contributed by atoms with Crippen LogP contribution >= 0.6 is 0 Å². The van der Waals surface area contributed by atoms with Crippen molar-refractivity contribution in [2.24, 2.45) is 0 Å². The summed E-state index contributed by atoms with van der Waals surface area (Å²) in [4.78, 5) is 28.6. The molecule has 2 heterocycles. The number of hydrogen-bond acceptors (Lipinski definition) is 5. The van der Waals surface area contributed by atoms with Crippen molar-refractivity contribution in [2.45, 2.75) is 39.2 Å². The molecule has 1 fully saturated rings. The molecule has 1 N–H and O–H groups in total. The number of carbonyl (C=O) groups is 2. The number of oxazole rings is 1. The number of carboxylic acid groups (broad SMARTS) is 1. The highest BCUT2D eigenvalue weighted by atomic mass is 16.5. The van der Waals surface area contributed by atoms with Crippen LogP contribution in [0.3, 0.4) is 0 Å². The summed E-state index contributed by atoms with van der Waals surface area (Å²) in [5.74, 6) is -0.212. The van der Waals surface area contributed by atoms with Crippen molar-refractivity contribution in [1.29, 1.82) is 0 Å². The number of amides is 1. The largest absolute Gasteiger partial charge is 0.481 e. The lowest BCUT2D eigenvalue weighted by atomic mass is 10.1. The second-order valence-corrected chi connectivity index (χ2v) is 5.15. The van der Waals surface area contributed by atoms with E-state index in [1.54, 1.807) is 18.7 Å². The van der Waals surface area contributed by atoms with Crippen molar-refractivity contribution < 1.29 is 23.8 Å². The molecule has 1 aromatic rings. The maximum atomic E-state index is 12.3. The molecule has 0 unspecified atom stereocenters. The van der Waals surface area contributed by atoms with Gasteiger partial charge in [-0.1, -0.05) is 0 Å². The molecule has 2 rings (SSSR count). The quantitative estimate of drug-likeness (QED) is 0.882. The van der Waals surface area contributed by atoms with E-state index in [4.69, 9.17) is 14.3 Å². The van der Waals surface area contributed by atoms with Crippen LogP contribution in [0.2, 0.25) is 0 Å². The molecule has 0 spiro atoms. The Hall–Kier alpha value is -1.89. The number of aryl methyl sites for hydroxylation is 2. The Morgan fingerprint density at radius 3 is 2.57 bits per heavy atom. The zero-order valence-corrected chi connectivity index (χ0v) is 12.3. The van der Waals surface area contributed by atoms with Crippen LogP contribution in [0.5, 0.6) is 0 Å². The fraction of sp³-hybridized carbons (Fsp3) is 0.643. The number of ether oxygens (including phenoxy) is 1. The Morgan fingerprint density at radius 2 is 2.05 bits per heavy atom. The topological polar surface area (TPSA) is 92.9 Å². The van der Waals surface area contributed by atoms with E-state index in [2.05, 4.69) is 4.98 Å². The van der Waals surface area contributed by atoms with Crippen LogP contribution in [0.15, 0.2) is 4.42 Å². The first kappa shape index (κ1) is 15.5. The Bertz CT molecular complexity index is 517. The fourth-order valence-corrected chi connectivity index (χ4v) is 2.41. The molecule has 7 heteroatoms. The van der Waals surface area contributed by atoms with Gasteiger partial charge in [-0.05, 0) is 19.8 Å². The van der Waals surface area contributed by atoms with Gasteiger partial charge >= 0.3 is 5.97 Å². The van der Waals surface area contributed by atoms with E-state index in [0.29, 0.717) is 43.3 Å². The van der Waals surface area contributed by atoms with Gasteiger partial charge < -0.3 is 19.2 Å². The number of likely N-dealkylation sites (tertiary alicyclic amines) is 1. The molecule has 21 heavy (non-hydrogen) atoms. The van der Waals surface area contributed by atoms with Crippen LogP contribution in [0, 0.1) is 13.8 Å². The first-order valence-electron chi connectivity index (χ1n) is 7.04. The van der Waals surface area contributed by atoms with Crippen molar-refractivity contribution in [2.75, 3.05) is 19.7 Å². The van der Waals surface area contributed by atoms with Gasteiger partial charge in [-0.3, -0.25) is 9.59 Å². The molecule has 1 aromatic heterocycles. The molecule has 0 aromatic carbocycles. The van der Waals surface area contributed by atoms with Crippen molar-refractivity contribution in [3.63, 3.8) is 0 Å². The van der Waals surface area contributed by atoms with E-state index in [9.17, 15) is 9.59 Å². The van der Waals surface area contributed by atoms with Gasteiger partial charge in [0.15, 0.2) is 5.89 Å². The number of piperidine rings is 1. The number of carboxylic acids is 1. The summed E-state index contributed by atoms with van der Waals surface area (Å²) in [5, 5.41) is 8.56.